The van der Waals surface area contributed by atoms with Gasteiger partial charge in [-0.25, -0.2) is 0 Å². The molecule has 0 fully saturated rings. The average molecular weight is 534 g/mol. The molecule has 8 rings (SSSR count). The predicted octanol–water partition coefficient (Wildman–Crippen LogP) is 11.6. The minimum atomic E-state index is 1.16. The van der Waals surface area contributed by atoms with Crippen molar-refractivity contribution >= 4 is 80.1 Å². The van der Waals surface area contributed by atoms with Crippen molar-refractivity contribution in [2.24, 2.45) is 0 Å². The van der Waals surface area contributed by atoms with Crippen molar-refractivity contribution in [1.82, 2.24) is 0 Å². The summed E-state index contributed by atoms with van der Waals surface area (Å²) < 4.78 is 5.26. The number of fused-ring (bicyclic) bond motifs is 6. The van der Waals surface area contributed by atoms with Crippen LogP contribution in [0.1, 0.15) is 0 Å². The second-order valence-electron chi connectivity index (χ2n) is 9.72. The van der Waals surface area contributed by atoms with Crippen LogP contribution in [0.2, 0.25) is 0 Å². The normalized spacial score (nSPS) is 11.6. The van der Waals surface area contributed by atoms with Crippen molar-refractivity contribution < 1.29 is 0 Å². The van der Waals surface area contributed by atoms with E-state index in [4.69, 9.17) is 0 Å². The molecule has 0 N–H and O–H groups in total. The van der Waals surface area contributed by atoms with E-state index < -0.39 is 0 Å². The fraction of sp³-hybridized carbons (Fsp3) is 0. The van der Waals surface area contributed by atoms with Crippen LogP contribution in [0.5, 0.6) is 0 Å². The third kappa shape index (κ3) is 3.59. The number of nitrogens with zero attached hydrogens (tertiary/aromatic N) is 1. The van der Waals surface area contributed by atoms with Gasteiger partial charge in [0.1, 0.15) is 0 Å². The Labute approximate surface area is 234 Å². The Hall–Kier alpha value is -4.44. The molecule has 3 heteroatoms. The molecule has 39 heavy (non-hydrogen) atoms. The van der Waals surface area contributed by atoms with E-state index in [1.54, 1.807) is 0 Å². The fourth-order valence-corrected chi connectivity index (χ4v) is 8.20. The van der Waals surface area contributed by atoms with E-state index in [1.807, 2.05) is 22.7 Å². The number of rotatable bonds is 4. The van der Waals surface area contributed by atoms with Gasteiger partial charge in [-0.2, -0.15) is 0 Å². The molecule has 0 saturated heterocycles. The molecule has 0 aliphatic carbocycles. The molecule has 0 unspecified atom stereocenters. The Bertz CT molecular complexity index is 2120. The van der Waals surface area contributed by atoms with Crippen LogP contribution in [0.25, 0.3) is 51.5 Å². The Morgan fingerprint density at radius 2 is 1.03 bits per heavy atom. The van der Waals surface area contributed by atoms with Crippen LogP contribution < -0.4 is 4.90 Å². The monoisotopic (exact) mass is 533 g/mol. The van der Waals surface area contributed by atoms with Gasteiger partial charge in [-0.3, -0.25) is 0 Å². The molecule has 0 spiro atoms. The maximum absolute atomic E-state index is 2.47. The molecule has 1 nitrogen and oxygen atoms in total. The van der Waals surface area contributed by atoms with Gasteiger partial charge in [-0.1, -0.05) is 103 Å². The van der Waals surface area contributed by atoms with Gasteiger partial charge in [0.2, 0.25) is 0 Å². The van der Waals surface area contributed by atoms with E-state index in [9.17, 15) is 0 Å². The number of para-hydroxylation sites is 1. The van der Waals surface area contributed by atoms with Crippen LogP contribution in [-0.2, 0) is 0 Å². The molecule has 0 aliphatic heterocycles. The highest BCUT2D eigenvalue weighted by molar-refractivity contribution is 7.27. The minimum Gasteiger partial charge on any atom is -0.308 e. The molecule has 2 heterocycles. The summed E-state index contributed by atoms with van der Waals surface area (Å²) in [5.41, 5.74) is 6.11. The highest BCUT2D eigenvalue weighted by Crippen LogP contribution is 2.50. The molecule has 0 aliphatic rings. The van der Waals surface area contributed by atoms with Gasteiger partial charge in [0.05, 0.1) is 16.1 Å². The topological polar surface area (TPSA) is 3.24 Å². The second-order valence-corrected chi connectivity index (χ2v) is 11.8. The van der Waals surface area contributed by atoms with Crippen LogP contribution in [-0.4, -0.2) is 0 Å². The molecule has 0 bridgehead atoms. The van der Waals surface area contributed by atoms with Crippen LogP contribution in [0.4, 0.5) is 17.1 Å². The van der Waals surface area contributed by atoms with Gasteiger partial charge in [0.15, 0.2) is 0 Å². The lowest BCUT2D eigenvalue weighted by atomic mass is 10.00. The number of thiophene rings is 2. The lowest BCUT2D eigenvalue weighted by Gasteiger charge is -2.27. The summed E-state index contributed by atoms with van der Waals surface area (Å²) >= 11 is 3.77. The van der Waals surface area contributed by atoms with Crippen LogP contribution >= 0.6 is 22.7 Å². The molecule has 0 atom stereocenters. The summed E-state index contributed by atoms with van der Waals surface area (Å²) in [6, 6.07) is 50.5. The summed E-state index contributed by atoms with van der Waals surface area (Å²) in [7, 11) is 0. The van der Waals surface area contributed by atoms with E-state index >= 15 is 0 Å². The van der Waals surface area contributed by atoms with E-state index in [0.717, 1.165) is 5.69 Å². The van der Waals surface area contributed by atoms with Gasteiger partial charge in [0.25, 0.3) is 0 Å². The highest BCUT2D eigenvalue weighted by Gasteiger charge is 2.23. The first kappa shape index (κ1) is 22.5. The zero-order valence-electron chi connectivity index (χ0n) is 21.0. The van der Waals surface area contributed by atoms with Crippen molar-refractivity contribution in [3.8, 4) is 11.1 Å². The van der Waals surface area contributed by atoms with Gasteiger partial charge < -0.3 is 4.90 Å². The van der Waals surface area contributed by atoms with Crippen molar-refractivity contribution in [3.63, 3.8) is 0 Å². The van der Waals surface area contributed by atoms with Crippen molar-refractivity contribution in [2.75, 3.05) is 4.90 Å². The molecule has 2 aromatic heterocycles. The lowest BCUT2D eigenvalue weighted by molar-refractivity contribution is 1.32. The smallest absolute Gasteiger partial charge is 0.0640 e. The predicted molar refractivity (Wildman–Crippen MR) is 172 cm³/mol. The van der Waals surface area contributed by atoms with Crippen molar-refractivity contribution in [1.29, 1.82) is 0 Å². The number of anilines is 3. The van der Waals surface area contributed by atoms with Crippen molar-refractivity contribution in [3.05, 3.63) is 140 Å². The maximum Gasteiger partial charge on any atom is 0.0640 e. The minimum absolute atomic E-state index is 1.16. The third-order valence-electron chi connectivity index (χ3n) is 7.47. The largest absolute Gasteiger partial charge is 0.308 e. The summed E-state index contributed by atoms with van der Waals surface area (Å²) in [5.74, 6) is 0. The van der Waals surface area contributed by atoms with Gasteiger partial charge in [-0.15, -0.1) is 22.7 Å². The molecular weight excluding hydrogens is 511 g/mol. The van der Waals surface area contributed by atoms with E-state index in [0.29, 0.717) is 0 Å². The SMILES string of the molecule is c1ccc(-c2ccc(N(c3ccccc3)c3cccc4c3sc3ccccc34)c3c2sc2ccccc23)cc1. The molecule has 8 aromatic rings. The van der Waals surface area contributed by atoms with E-state index in [2.05, 4.69) is 144 Å². The number of hydrogen-bond acceptors (Lipinski definition) is 3. The first-order chi connectivity index (χ1) is 19.4. The Morgan fingerprint density at radius 1 is 0.410 bits per heavy atom. The fourth-order valence-electron chi connectivity index (χ4n) is 5.74. The van der Waals surface area contributed by atoms with Crippen LogP contribution in [0.15, 0.2) is 140 Å². The summed E-state index contributed by atoms with van der Waals surface area (Å²) in [6.45, 7) is 0. The van der Waals surface area contributed by atoms with Crippen LogP contribution in [0, 0.1) is 0 Å². The summed E-state index contributed by atoms with van der Waals surface area (Å²) in [4.78, 5) is 2.47. The molecule has 0 saturated carbocycles. The van der Waals surface area contributed by atoms with E-state index in [-0.39, 0.29) is 0 Å². The first-order valence-electron chi connectivity index (χ1n) is 13.1. The standard InChI is InChI=1S/C36H23NS2/c1-3-12-24(13-4-1)26-22-23-30(34-29-17-8-10-21-33(29)39-36(26)34)37(25-14-5-2-6-15-25)31-19-11-18-28-27-16-7-9-20-32(27)38-35(28)31/h1-23H. The van der Waals surface area contributed by atoms with Gasteiger partial charge >= 0.3 is 0 Å². The summed E-state index contributed by atoms with van der Waals surface area (Å²) in [6.07, 6.45) is 0. The summed E-state index contributed by atoms with van der Waals surface area (Å²) in [5, 5.41) is 5.23. The zero-order valence-corrected chi connectivity index (χ0v) is 22.7. The second kappa shape index (κ2) is 9.09. The van der Waals surface area contributed by atoms with Crippen LogP contribution in [0.3, 0.4) is 0 Å². The maximum atomic E-state index is 2.47. The number of hydrogen-bond donors (Lipinski definition) is 0. The van der Waals surface area contributed by atoms with Gasteiger partial charge in [0, 0.05) is 41.3 Å². The Kier molecular flexibility index (Phi) is 5.25. The molecule has 0 radical (unpaired) electrons. The number of benzene rings is 6. The molecule has 6 aromatic carbocycles. The Morgan fingerprint density at radius 3 is 1.82 bits per heavy atom. The molecular formula is C36H23NS2. The Balaban J connectivity index is 1.49. The molecule has 0 amide bonds. The van der Waals surface area contributed by atoms with Gasteiger partial charge in [-0.05, 0) is 47.5 Å². The average Bonchev–Trinajstić information content (AvgIpc) is 3.58. The first-order valence-corrected chi connectivity index (χ1v) is 14.8. The lowest BCUT2D eigenvalue weighted by Crippen LogP contribution is -2.10. The van der Waals surface area contributed by atoms with E-state index in [1.165, 1.54) is 62.8 Å². The highest BCUT2D eigenvalue weighted by atomic mass is 32.1. The third-order valence-corrected chi connectivity index (χ3v) is 9.88. The quantitative estimate of drug-likeness (QED) is 0.217. The van der Waals surface area contributed by atoms with Crippen molar-refractivity contribution in [2.45, 2.75) is 0 Å². The zero-order chi connectivity index (χ0) is 25.8. The molecule has 184 valence electrons.